The fourth-order valence-corrected chi connectivity index (χ4v) is 6.33. The number of alkyl halides is 6. The number of nitrogens with zero attached hydrogens (tertiary/aromatic N) is 7. The van der Waals surface area contributed by atoms with E-state index in [0.29, 0.717) is 5.69 Å². The first-order valence-corrected chi connectivity index (χ1v) is 18.3. The van der Waals surface area contributed by atoms with Gasteiger partial charge in [0.1, 0.15) is 11.6 Å². The van der Waals surface area contributed by atoms with Crippen LogP contribution < -0.4 is 34.4 Å². The number of ether oxygens (including phenoxy) is 2. The summed E-state index contributed by atoms with van der Waals surface area (Å²) >= 11 is 0. The number of anilines is 7. The maximum Gasteiger partial charge on any atom is 0.394 e. The normalized spacial score (nSPS) is 13.1. The van der Waals surface area contributed by atoms with Crippen LogP contribution in [0.3, 0.4) is 0 Å². The summed E-state index contributed by atoms with van der Waals surface area (Å²) in [6.45, 7) is 12.3. The number of nitrogens with one attached hydrogen (secondary N) is 1. The van der Waals surface area contributed by atoms with Crippen LogP contribution in [-0.4, -0.2) is 36.1 Å². The molecule has 1 radical (unpaired) electrons. The second-order valence-electron chi connectivity index (χ2n) is 14.2. The van der Waals surface area contributed by atoms with Gasteiger partial charge in [-0.15, -0.1) is 41.5 Å². The fraction of sp³-hybridized carbons (Fsp3) is 0.205. The van der Waals surface area contributed by atoms with Gasteiger partial charge >= 0.3 is 12.4 Å². The average molecular weight is 1020 g/mol. The Labute approximate surface area is 363 Å². The number of aryl methyl sites for hydroxylation is 4. The monoisotopic (exact) mass is 1020 g/mol. The third-order valence-electron chi connectivity index (χ3n) is 9.29. The Kier molecular flexibility index (Phi) is 12.8. The summed E-state index contributed by atoms with van der Waals surface area (Å²) in [5, 5.41) is 3.31. The number of fused-ring (bicyclic) bond motifs is 2. The Balaban J connectivity index is 0.000000201. The molecule has 0 aliphatic carbocycles. The summed E-state index contributed by atoms with van der Waals surface area (Å²) in [7, 11) is 5.40. The molecular formula is C44H37F6IrN8O2-5. The third-order valence-corrected chi connectivity index (χ3v) is 9.29. The molecule has 3 aromatic heterocycles. The van der Waals surface area contributed by atoms with E-state index in [0.717, 1.165) is 93.3 Å². The topological polar surface area (TPSA) is 82.1 Å². The number of aromatic nitrogens is 3. The van der Waals surface area contributed by atoms with E-state index in [-0.39, 0.29) is 43.4 Å². The van der Waals surface area contributed by atoms with E-state index in [1.807, 2.05) is 39.7 Å². The van der Waals surface area contributed by atoms with Gasteiger partial charge in [-0.2, -0.15) is 75.0 Å². The summed E-state index contributed by atoms with van der Waals surface area (Å²) < 4.78 is 88.2. The smallest absolute Gasteiger partial charge is 0.394 e. The Hall–Kier alpha value is -6.06. The van der Waals surface area contributed by atoms with Crippen LogP contribution in [0.25, 0.3) is 0 Å². The average Bonchev–Trinajstić information content (AvgIpc) is 3.74. The summed E-state index contributed by atoms with van der Waals surface area (Å²) in [6.07, 6.45) is -9.14. The molecule has 2 aliphatic heterocycles. The van der Waals surface area contributed by atoms with Crippen molar-refractivity contribution in [1.82, 2.24) is 15.0 Å². The van der Waals surface area contributed by atoms with Gasteiger partial charge in [0.15, 0.2) is 0 Å². The summed E-state index contributed by atoms with van der Waals surface area (Å²) in [5.41, 5.74) is 6.95. The van der Waals surface area contributed by atoms with E-state index in [1.165, 1.54) is 12.1 Å². The zero-order chi connectivity index (χ0) is 43.1. The van der Waals surface area contributed by atoms with Crippen molar-refractivity contribution in [1.29, 1.82) is 0 Å². The molecule has 0 fully saturated rings. The third kappa shape index (κ3) is 9.95. The van der Waals surface area contributed by atoms with Gasteiger partial charge in [0.25, 0.3) is 0 Å². The molecule has 1 N–H and O–H groups in total. The molecule has 0 saturated carbocycles. The predicted molar refractivity (Wildman–Crippen MR) is 217 cm³/mol. The van der Waals surface area contributed by atoms with Gasteiger partial charge in [0, 0.05) is 86.3 Å². The maximum atomic E-state index is 12.9. The molecule has 321 valence electrons. The second-order valence-corrected chi connectivity index (χ2v) is 14.2. The number of hydrogen-bond donors (Lipinski definition) is 1. The zero-order valence-corrected chi connectivity index (χ0v) is 36.1. The number of rotatable bonds is 7. The van der Waals surface area contributed by atoms with Crippen molar-refractivity contribution in [3.63, 3.8) is 0 Å². The van der Waals surface area contributed by atoms with E-state index in [1.54, 1.807) is 19.0 Å². The fourth-order valence-electron chi connectivity index (χ4n) is 6.33. The molecule has 5 heterocycles. The minimum absolute atomic E-state index is 0. The Morgan fingerprint density at radius 3 is 1.74 bits per heavy atom. The molecule has 0 spiro atoms. The first-order chi connectivity index (χ1) is 28.3. The molecular weight excluding hydrogens is 979 g/mol. The summed E-state index contributed by atoms with van der Waals surface area (Å²) in [5.74, 6) is 1.08. The van der Waals surface area contributed by atoms with Crippen LogP contribution in [0.2, 0.25) is 0 Å². The molecule has 3 aromatic carbocycles. The predicted octanol–water partition coefficient (Wildman–Crippen LogP) is 11.3. The molecule has 8 rings (SSSR count). The number of pyridine rings is 3. The quantitative estimate of drug-likeness (QED) is 0.123. The van der Waals surface area contributed by atoms with Crippen molar-refractivity contribution < 1.29 is 55.9 Å². The van der Waals surface area contributed by atoms with Crippen LogP contribution in [0.1, 0.15) is 33.6 Å². The van der Waals surface area contributed by atoms with Gasteiger partial charge < -0.3 is 34.4 Å². The van der Waals surface area contributed by atoms with E-state index in [4.69, 9.17) is 19.4 Å². The van der Waals surface area contributed by atoms with Crippen molar-refractivity contribution in [3.8, 4) is 23.3 Å². The Morgan fingerprint density at radius 2 is 1.20 bits per heavy atom. The van der Waals surface area contributed by atoms with Crippen molar-refractivity contribution in [2.24, 2.45) is 0 Å². The molecule has 0 bridgehead atoms. The summed E-state index contributed by atoms with van der Waals surface area (Å²) in [6, 6.07) is 27.3. The zero-order valence-electron chi connectivity index (χ0n) is 33.7. The Bertz CT molecular complexity index is 2470. The first kappa shape index (κ1) is 44.5. The Morgan fingerprint density at radius 1 is 0.672 bits per heavy atom. The SMILES string of the molecule is CN(C)c1cc(Oc2[c-]ccc(C(F)(F)F)c2)nc(Oc2[c-]ccc(C(F)(F)F)c2)c1.Cc1ccc2c(n1)N(c1[c-]c(N3[CH-]N(C)c4ccc(C)nc43)c(C)cc1C)[CH-]N2.[Ir]. The number of benzene rings is 3. The van der Waals surface area contributed by atoms with Crippen molar-refractivity contribution in [3.05, 3.63) is 144 Å². The van der Waals surface area contributed by atoms with Crippen LogP contribution in [0, 0.1) is 59.2 Å². The molecule has 0 amide bonds. The number of halogens is 6. The summed E-state index contributed by atoms with van der Waals surface area (Å²) in [4.78, 5) is 21.5. The van der Waals surface area contributed by atoms with Crippen LogP contribution in [0.4, 0.5) is 66.4 Å². The van der Waals surface area contributed by atoms with Crippen LogP contribution in [0.15, 0.2) is 78.9 Å². The number of hydrogen-bond acceptors (Lipinski definition) is 10. The standard InChI is InChI=1S/C23H23N6.C21H14F6N2O2.Ir/c1-14-10-15(2)21(29-13-27(5)19-9-7-17(4)26-23(19)29)11-20(14)28-12-24-18-8-6-16(3)25-22(18)28;1-29(2)15-11-18(30-16-7-3-5-13(9-16)20(22,23)24)28-19(12-15)31-17-8-4-6-14(10-17)21(25,26)27;/h6-10,12-13,24H,1-5H3;3-6,9-12H,1-2H3;/q-3;-2;. The van der Waals surface area contributed by atoms with Gasteiger partial charge in [-0.25, -0.2) is 9.97 Å². The van der Waals surface area contributed by atoms with Crippen LogP contribution in [0.5, 0.6) is 23.3 Å². The first-order valence-electron chi connectivity index (χ1n) is 18.3. The van der Waals surface area contributed by atoms with E-state index in [9.17, 15) is 26.3 Å². The van der Waals surface area contributed by atoms with Crippen LogP contribution >= 0.6 is 0 Å². The van der Waals surface area contributed by atoms with E-state index < -0.39 is 23.5 Å². The van der Waals surface area contributed by atoms with E-state index in [2.05, 4.69) is 81.9 Å². The minimum atomic E-state index is -4.57. The largest absolute Gasteiger partial charge is 0.513 e. The molecule has 2 aliphatic rings. The van der Waals surface area contributed by atoms with Gasteiger partial charge in [0.05, 0.1) is 0 Å². The van der Waals surface area contributed by atoms with Gasteiger partial charge in [0.2, 0.25) is 11.8 Å². The molecule has 6 aromatic rings. The molecule has 0 atom stereocenters. The van der Waals surface area contributed by atoms with Crippen molar-refractivity contribution in [2.75, 3.05) is 46.1 Å². The van der Waals surface area contributed by atoms with Gasteiger partial charge in [-0.3, -0.25) is 0 Å². The maximum absolute atomic E-state index is 12.9. The molecule has 10 nitrogen and oxygen atoms in total. The molecule has 0 saturated heterocycles. The van der Waals surface area contributed by atoms with Gasteiger partial charge in [-0.05, 0) is 45.2 Å². The van der Waals surface area contributed by atoms with Crippen LogP contribution in [-0.2, 0) is 32.5 Å². The molecule has 17 heteroatoms. The minimum Gasteiger partial charge on any atom is -0.513 e. The van der Waals surface area contributed by atoms with Crippen molar-refractivity contribution in [2.45, 2.75) is 40.0 Å². The second kappa shape index (κ2) is 17.5. The molecule has 0 unspecified atom stereocenters. The molecule has 61 heavy (non-hydrogen) atoms. The van der Waals surface area contributed by atoms with Crippen molar-refractivity contribution >= 4 is 40.1 Å². The van der Waals surface area contributed by atoms with Gasteiger partial charge in [-0.1, -0.05) is 36.3 Å². The van der Waals surface area contributed by atoms with E-state index >= 15 is 0 Å².